The molecule has 0 saturated heterocycles. The SMILES string of the molecule is Cc1cccc2c(CCNC(=O)C[C@@H](C)n3ccnc3C)c[nH]c12. The highest BCUT2D eigenvalue weighted by atomic mass is 16.1. The van der Waals surface area contributed by atoms with Crippen LogP contribution in [-0.4, -0.2) is 27.0 Å². The van der Waals surface area contributed by atoms with Crippen LogP contribution in [0.3, 0.4) is 0 Å². The van der Waals surface area contributed by atoms with Crippen LogP contribution >= 0.6 is 0 Å². The Labute approximate surface area is 142 Å². The number of fused-ring (bicyclic) bond motifs is 1. The smallest absolute Gasteiger partial charge is 0.222 e. The van der Waals surface area contributed by atoms with E-state index in [1.54, 1.807) is 6.20 Å². The molecule has 5 heteroatoms. The van der Waals surface area contributed by atoms with E-state index in [2.05, 4.69) is 40.4 Å². The van der Waals surface area contributed by atoms with E-state index in [1.807, 2.05) is 30.8 Å². The highest BCUT2D eigenvalue weighted by Gasteiger charge is 2.12. The van der Waals surface area contributed by atoms with Crippen molar-refractivity contribution >= 4 is 16.8 Å². The zero-order chi connectivity index (χ0) is 17.1. The van der Waals surface area contributed by atoms with E-state index >= 15 is 0 Å². The van der Waals surface area contributed by atoms with Crippen molar-refractivity contribution < 1.29 is 4.79 Å². The molecule has 5 nitrogen and oxygen atoms in total. The van der Waals surface area contributed by atoms with Crippen molar-refractivity contribution in [2.24, 2.45) is 0 Å². The summed E-state index contributed by atoms with van der Waals surface area (Å²) in [5.74, 6) is 1.01. The van der Waals surface area contributed by atoms with Gasteiger partial charge in [-0.05, 0) is 38.3 Å². The molecule has 24 heavy (non-hydrogen) atoms. The Morgan fingerprint density at radius 2 is 2.21 bits per heavy atom. The van der Waals surface area contributed by atoms with E-state index in [0.29, 0.717) is 13.0 Å². The first-order valence-electron chi connectivity index (χ1n) is 8.38. The predicted molar refractivity (Wildman–Crippen MR) is 96.0 cm³/mol. The van der Waals surface area contributed by atoms with Crippen LogP contribution in [0, 0.1) is 13.8 Å². The first-order chi connectivity index (χ1) is 11.6. The molecule has 1 aromatic carbocycles. The zero-order valence-electron chi connectivity index (χ0n) is 14.5. The van der Waals surface area contributed by atoms with Gasteiger partial charge in [0, 0.05) is 48.5 Å². The molecular weight excluding hydrogens is 300 g/mol. The fraction of sp³-hybridized carbons (Fsp3) is 0.368. The third-order valence-corrected chi connectivity index (χ3v) is 4.54. The number of nitrogens with zero attached hydrogens (tertiary/aromatic N) is 2. The van der Waals surface area contributed by atoms with Gasteiger partial charge in [-0.3, -0.25) is 4.79 Å². The van der Waals surface area contributed by atoms with Crippen molar-refractivity contribution in [3.8, 4) is 0 Å². The van der Waals surface area contributed by atoms with Crippen LogP contribution in [-0.2, 0) is 11.2 Å². The maximum absolute atomic E-state index is 12.2. The molecule has 0 bridgehead atoms. The average molecular weight is 324 g/mol. The summed E-state index contributed by atoms with van der Waals surface area (Å²) >= 11 is 0. The monoisotopic (exact) mass is 324 g/mol. The summed E-state index contributed by atoms with van der Waals surface area (Å²) < 4.78 is 2.03. The number of benzene rings is 1. The average Bonchev–Trinajstić information content (AvgIpc) is 3.15. The van der Waals surface area contributed by atoms with Crippen molar-refractivity contribution in [1.29, 1.82) is 0 Å². The zero-order valence-corrected chi connectivity index (χ0v) is 14.5. The largest absolute Gasteiger partial charge is 0.361 e. The lowest BCUT2D eigenvalue weighted by Gasteiger charge is -2.14. The molecule has 2 aromatic heterocycles. The second-order valence-electron chi connectivity index (χ2n) is 6.35. The first kappa shape index (κ1) is 16.3. The van der Waals surface area contributed by atoms with Crippen molar-refractivity contribution in [3.05, 3.63) is 53.7 Å². The van der Waals surface area contributed by atoms with Crippen molar-refractivity contribution in [2.75, 3.05) is 6.54 Å². The van der Waals surface area contributed by atoms with Gasteiger partial charge in [-0.1, -0.05) is 18.2 Å². The molecule has 0 saturated carbocycles. The van der Waals surface area contributed by atoms with Gasteiger partial charge in [0.05, 0.1) is 0 Å². The highest BCUT2D eigenvalue weighted by Crippen LogP contribution is 2.21. The first-order valence-corrected chi connectivity index (χ1v) is 8.38. The van der Waals surface area contributed by atoms with Crippen molar-refractivity contribution in [2.45, 2.75) is 39.7 Å². The molecule has 3 aromatic rings. The van der Waals surface area contributed by atoms with Crippen LogP contribution in [0.15, 0.2) is 36.8 Å². The minimum absolute atomic E-state index is 0.0756. The van der Waals surface area contributed by atoms with E-state index in [9.17, 15) is 4.79 Å². The number of para-hydroxylation sites is 1. The Morgan fingerprint density at radius 3 is 2.96 bits per heavy atom. The number of imidazole rings is 1. The van der Waals surface area contributed by atoms with Crippen LogP contribution < -0.4 is 5.32 Å². The number of rotatable bonds is 6. The summed E-state index contributed by atoms with van der Waals surface area (Å²) in [5.41, 5.74) is 3.67. The Morgan fingerprint density at radius 1 is 1.38 bits per heavy atom. The minimum atomic E-state index is 0.0756. The van der Waals surface area contributed by atoms with Gasteiger partial charge in [0.1, 0.15) is 5.82 Å². The molecule has 0 unspecified atom stereocenters. The van der Waals surface area contributed by atoms with Gasteiger partial charge in [-0.15, -0.1) is 0 Å². The van der Waals surface area contributed by atoms with Crippen molar-refractivity contribution in [1.82, 2.24) is 19.9 Å². The van der Waals surface area contributed by atoms with Crippen LogP contribution in [0.5, 0.6) is 0 Å². The van der Waals surface area contributed by atoms with Gasteiger partial charge in [-0.25, -0.2) is 4.98 Å². The molecule has 0 radical (unpaired) electrons. The second kappa shape index (κ2) is 6.91. The van der Waals surface area contributed by atoms with Gasteiger partial charge in [0.2, 0.25) is 5.91 Å². The predicted octanol–water partition coefficient (Wildman–Crippen LogP) is 3.29. The highest BCUT2D eigenvalue weighted by molar-refractivity contribution is 5.86. The Bertz CT molecular complexity index is 846. The number of hydrogen-bond acceptors (Lipinski definition) is 2. The van der Waals surface area contributed by atoms with Gasteiger partial charge in [0.25, 0.3) is 0 Å². The molecule has 1 atom stereocenters. The number of carbonyl (C=O) groups excluding carboxylic acids is 1. The maximum Gasteiger partial charge on any atom is 0.222 e. The molecule has 3 rings (SSSR count). The number of aromatic amines is 1. The summed E-state index contributed by atoms with van der Waals surface area (Å²) in [6, 6.07) is 6.41. The summed E-state index contributed by atoms with van der Waals surface area (Å²) in [7, 11) is 0. The minimum Gasteiger partial charge on any atom is -0.361 e. The molecule has 1 amide bonds. The lowest BCUT2D eigenvalue weighted by Crippen LogP contribution is -2.27. The number of aryl methyl sites for hydroxylation is 2. The summed E-state index contributed by atoms with van der Waals surface area (Å²) in [5, 5.41) is 4.27. The lowest BCUT2D eigenvalue weighted by atomic mass is 10.1. The summed E-state index contributed by atoms with van der Waals surface area (Å²) in [6.45, 7) is 6.74. The van der Waals surface area contributed by atoms with Crippen LogP contribution in [0.1, 0.15) is 36.3 Å². The second-order valence-corrected chi connectivity index (χ2v) is 6.35. The van der Waals surface area contributed by atoms with Crippen LogP contribution in [0.2, 0.25) is 0 Å². The van der Waals surface area contributed by atoms with E-state index in [-0.39, 0.29) is 11.9 Å². The summed E-state index contributed by atoms with van der Waals surface area (Å²) in [4.78, 5) is 19.7. The number of amides is 1. The van der Waals surface area contributed by atoms with Gasteiger partial charge in [0.15, 0.2) is 0 Å². The van der Waals surface area contributed by atoms with Gasteiger partial charge in [-0.2, -0.15) is 0 Å². The maximum atomic E-state index is 12.2. The van der Waals surface area contributed by atoms with E-state index in [0.717, 1.165) is 12.2 Å². The fourth-order valence-corrected chi connectivity index (χ4v) is 3.20. The number of aromatic nitrogens is 3. The quantitative estimate of drug-likeness (QED) is 0.731. The van der Waals surface area contributed by atoms with Crippen molar-refractivity contribution in [3.63, 3.8) is 0 Å². The number of hydrogen-bond donors (Lipinski definition) is 2. The molecule has 0 aliphatic rings. The molecule has 0 fully saturated rings. The summed E-state index contributed by atoms with van der Waals surface area (Å²) in [6.07, 6.45) is 7.02. The Kier molecular flexibility index (Phi) is 4.69. The van der Waals surface area contributed by atoms with Crippen LogP contribution in [0.4, 0.5) is 0 Å². The molecular formula is C19H24N4O. The van der Waals surface area contributed by atoms with E-state index in [4.69, 9.17) is 0 Å². The Balaban J connectivity index is 1.53. The number of H-pyrrole nitrogens is 1. The fourth-order valence-electron chi connectivity index (χ4n) is 3.20. The molecule has 2 N–H and O–H groups in total. The molecule has 0 aliphatic heterocycles. The lowest BCUT2D eigenvalue weighted by molar-refractivity contribution is -0.121. The van der Waals surface area contributed by atoms with E-state index in [1.165, 1.54) is 22.0 Å². The Hall–Kier alpha value is -2.56. The third kappa shape index (κ3) is 3.35. The molecule has 0 spiro atoms. The number of nitrogens with one attached hydrogen (secondary N) is 2. The molecule has 0 aliphatic carbocycles. The van der Waals surface area contributed by atoms with Crippen LogP contribution in [0.25, 0.3) is 10.9 Å². The van der Waals surface area contributed by atoms with Gasteiger partial charge < -0.3 is 14.9 Å². The normalized spacial score (nSPS) is 12.5. The van der Waals surface area contributed by atoms with Gasteiger partial charge >= 0.3 is 0 Å². The standard InChI is InChI=1S/C19H24N4O/c1-13-5-4-6-17-16(12-22-19(13)17)7-8-21-18(24)11-14(2)23-10-9-20-15(23)3/h4-6,9-10,12,14,22H,7-8,11H2,1-3H3,(H,21,24)/t14-/m1/s1. The van der Waals surface area contributed by atoms with E-state index < -0.39 is 0 Å². The number of carbonyl (C=O) groups is 1. The molecule has 2 heterocycles. The topological polar surface area (TPSA) is 62.7 Å². The molecule has 126 valence electrons. The third-order valence-electron chi connectivity index (χ3n) is 4.54.